The molecule has 0 radical (unpaired) electrons. The van der Waals surface area contributed by atoms with Crippen LogP contribution in [0.2, 0.25) is 0 Å². The van der Waals surface area contributed by atoms with Crippen LogP contribution in [0.25, 0.3) is 0 Å². The Morgan fingerprint density at radius 3 is 3.06 bits per heavy atom. The lowest BCUT2D eigenvalue weighted by Gasteiger charge is -2.47. The first kappa shape index (κ1) is 12.3. The van der Waals surface area contributed by atoms with Crippen molar-refractivity contribution >= 4 is 27.3 Å². The van der Waals surface area contributed by atoms with Gasteiger partial charge in [-0.25, -0.2) is 0 Å². The maximum atomic E-state index is 3.75. The Morgan fingerprint density at radius 1 is 1.44 bits per heavy atom. The van der Waals surface area contributed by atoms with E-state index in [4.69, 9.17) is 0 Å². The summed E-state index contributed by atoms with van der Waals surface area (Å²) in [5.41, 5.74) is 4.11. The molecule has 2 aliphatic rings. The molecule has 2 heterocycles. The van der Waals surface area contributed by atoms with E-state index >= 15 is 0 Å². The van der Waals surface area contributed by atoms with Gasteiger partial charge in [0.25, 0.3) is 0 Å². The molecule has 1 fully saturated rings. The highest BCUT2D eigenvalue weighted by atomic mass is 79.9. The molecule has 3 rings (SSSR count). The molecule has 1 N–H and O–H groups in total. The van der Waals surface area contributed by atoms with Crippen molar-refractivity contribution in [2.75, 3.05) is 42.5 Å². The van der Waals surface area contributed by atoms with Gasteiger partial charge >= 0.3 is 0 Å². The molecule has 1 unspecified atom stereocenters. The van der Waals surface area contributed by atoms with E-state index in [1.165, 1.54) is 21.4 Å². The number of benzene rings is 1. The lowest BCUT2D eigenvalue weighted by Crippen LogP contribution is -2.58. The Morgan fingerprint density at radius 2 is 2.28 bits per heavy atom. The SMILES string of the molecule is CCN1CC2CNCCN2c2cc(C)cc(Br)c21. The van der Waals surface area contributed by atoms with Gasteiger partial charge in [-0.3, -0.25) is 0 Å². The minimum Gasteiger partial charge on any atom is -0.367 e. The van der Waals surface area contributed by atoms with E-state index in [0.29, 0.717) is 6.04 Å². The predicted octanol–water partition coefficient (Wildman–Crippen LogP) is 2.38. The minimum atomic E-state index is 0.611. The molecule has 0 bridgehead atoms. The molecule has 1 atom stereocenters. The lowest BCUT2D eigenvalue weighted by atomic mass is 10.0. The van der Waals surface area contributed by atoms with Crippen LogP contribution < -0.4 is 15.1 Å². The van der Waals surface area contributed by atoms with Gasteiger partial charge < -0.3 is 15.1 Å². The van der Waals surface area contributed by atoms with E-state index < -0.39 is 0 Å². The second-order valence-electron chi connectivity index (χ2n) is 5.20. The van der Waals surface area contributed by atoms with E-state index in [1.54, 1.807) is 0 Å². The third-order valence-corrected chi connectivity index (χ3v) is 4.58. The fraction of sp³-hybridized carbons (Fsp3) is 0.571. The highest BCUT2D eigenvalue weighted by Gasteiger charge is 2.32. The van der Waals surface area contributed by atoms with E-state index in [0.717, 1.165) is 32.7 Å². The van der Waals surface area contributed by atoms with E-state index in [-0.39, 0.29) is 0 Å². The summed E-state index contributed by atoms with van der Waals surface area (Å²) in [5.74, 6) is 0. The highest BCUT2D eigenvalue weighted by molar-refractivity contribution is 9.10. The molecule has 3 nitrogen and oxygen atoms in total. The molecule has 0 aliphatic carbocycles. The summed E-state index contributed by atoms with van der Waals surface area (Å²) in [6.45, 7) is 9.91. The van der Waals surface area contributed by atoms with Gasteiger partial charge in [0.2, 0.25) is 0 Å². The Labute approximate surface area is 117 Å². The quantitative estimate of drug-likeness (QED) is 0.859. The molecule has 0 saturated carbocycles. The van der Waals surface area contributed by atoms with Crippen LogP contribution in [0.1, 0.15) is 12.5 Å². The fourth-order valence-corrected chi connectivity index (χ4v) is 3.94. The number of halogens is 1. The van der Waals surface area contributed by atoms with Gasteiger partial charge in [-0.05, 0) is 47.5 Å². The van der Waals surface area contributed by atoms with Crippen molar-refractivity contribution in [1.29, 1.82) is 0 Å². The topological polar surface area (TPSA) is 18.5 Å². The molecule has 1 saturated heterocycles. The summed E-state index contributed by atoms with van der Waals surface area (Å²) in [6, 6.07) is 5.17. The number of fused-ring (bicyclic) bond motifs is 3. The summed E-state index contributed by atoms with van der Waals surface area (Å²) in [6.07, 6.45) is 0. The summed E-state index contributed by atoms with van der Waals surface area (Å²) >= 11 is 3.75. The zero-order valence-corrected chi connectivity index (χ0v) is 12.6. The first-order valence-electron chi connectivity index (χ1n) is 6.73. The Balaban J connectivity index is 2.11. The van der Waals surface area contributed by atoms with Crippen LogP contribution in [0.3, 0.4) is 0 Å². The molecule has 2 aliphatic heterocycles. The average Bonchev–Trinajstić information content (AvgIpc) is 2.37. The van der Waals surface area contributed by atoms with Gasteiger partial charge in [-0.1, -0.05) is 0 Å². The van der Waals surface area contributed by atoms with Crippen LogP contribution >= 0.6 is 15.9 Å². The Hall–Kier alpha value is -0.740. The van der Waals surface area contributed by atoms with Crippen LogP contribution in [-0.2, 0) is 0 Å². The van der Waals surface area contributed by atoms with E-state index in [1.807, 2.05) is 0 Å². The molecule has 98 valence electrons. The monoisotopic (exact) mass is 309 g/mol. The molecular weight excluding hydrogens is 290 g/mol. The summed E-state index contributed by atoms with van der Waals surface area (Å²) in [4.78, 5) is 5.07. The van der Waals surface area contributed by atoms with Gasteiger partial charge in [0.1, 0.15) is 0 Å². The summed E-state index contributed by atoms with van der Waals surface area (Å²) in [5, 5.41) is 3.51. The summed E-state index contributed by atoms with van der Waals surface area (Å²) in [7, 11) is 0. The Kier molecular flexibility index (Phi) is 3.24. The number of aryl methyl sites for hydroxylation is 1. The lowest BCUT2D eigenvalue weighted by molar-refractivity contribution is 0.460. The molecular formula is C14H20BrN3. The van der Waals surface area contributed by atoms with Crippen molar-refractivity contribution in [3.05, 3.63) is 22.2 Å². The van der Waals surface area contributed by atoms with Gasteiger partial charge in [0.05, 0.1) is 17.4 Å². The zero-order chi connectivity index (χ0) is 12.7. The van der Waals surface area contributed by atoms with Crippen molar-refractivity contribution in [1.82, 2.24) is 5.32 Å². The van der Waals surface area contributed by atoms with Gasteiger partial charge in [0.15, 0.2) is 0 Å². The molecule has 0 spiro atoms. The van der Waals surface area contributed by atoms with Crippen LogP contribution in [0, 0.1) is 6.92 Å². The molecule has 0 amide bonds. The second-order valence-corrected chi connectivity index (χ2v) is 6.06. The van der Waals surface area contributed by atoms with Crippen LogP contribution in [0.5, 0.6) is 0 Å². The third-order valence-electron chi connectivity index (χ3n) is 3.98. The van der Waals surface area contributed by atoms with Crippen molar-refractivity contribution in [3.8, 4) is 0 Å². The number of hydrogen-bond acceptors (Lipinski definition) is 3. The maximum Gasteiger partial charge on any atom is 0.0749 e. The minimum absolute atomic E-state index is 0.611. The number of anilines is 2. The highest BCUT2D eigenvalue weighted by Crippen LogP contribution is 2.42. The van der Waals surface area contributed by atoms with Crippen LogP contribution in [0.15, 0.2) is 16.6 Å². The normalized spacial score (nSPS) is 22.7. The average molecular weight is 310 g/mol. The largest absolute Gasteiger partial charge is 0.367 e. The molecule has 1 aromatic rings. The van der Waals surface area contributed by atoms with Crippen LogP contribution in [0.4, 0.5) is 11.4 Å². The number of nitrogens with zero attached hydrogens (tertiary/aromatic N) is 2. The fourth-order valence-electron chi connectivity index (χ4n) is 3.12. The number of piperazine rings is 1. The smallest absolute Gasteiger partial charge is 0.0749 e. The molecule has 4 heteroatoms. The first-order valence-corrected chi connectivity index (χ1v) is 7.52. The summed E-state index contributed by atoms with van der Waals surface area (Å²) < 4.78 is 1.23. The predicted molar refractivity (Wildman–Crippen MR) is 80.8 cm³/mol. The van der Waals surface area contributed by atoms with Crippen molar-refractivity contribution in [3.63, 3.8) is 0 Å². The molecule has 18 heavy (non-hydrogen) atoms. The van der Waals surface area contributed by atoms with Crippen molar-refractivity contribution in [2.45, 2.75) is 19.9 Å². The van der Waals surface area contributed by atoms with E-state index in [9.17, 15) is 0 Å². The van der Waals surface area contributed by atoms with Crippen LogP contribution in [-0.4, -0.2) is 38.8 Å². The number of rotatable bonds is 1. The Bertz CT molecular complexity index is 461. The van der Waals surface area contributed by atoms with Gasteiger partial charge in [0, 0.05) is 37.2 Å². The van der Waals surface area contributed by atoms with Gasteiger partial charge in [-0.15, -0.1) is 0 Å². The number of nitrogens with one attached hydrogen (secondary N) is 1. The van der Waals surface area contributed by atoms with E-state index in [2.05, 4.69) is 57.0 Å². The molecule has 0 aromatic heterocycles. The number of hydrogen-bond donors (Lipinski definition) is 1. The van der Waals surface area contributed by atoms with Crippen molar-refractivity contribution < 1.29 is 0 Å². The van der Waals surface area contributed by atoms with Crippen molar-refractivity contribution in [2.24, 2.45) is 0 Å². The maximum absolute atomic E-state index is 3.75. The second kappa shape index (κ2) is 4.74. The van der Waals surface area contributed by atoms with Gasteiger partial charge in [-0.2, -0.15) is 0 Å². The molecule has 1 aromatic carbocycles. The third kappa shape index (κ3) is 1.91. The first-order chi connectivity index (χ1) is 8.70. The zero-order valence-electron chi connectivity index (χ0n) is 11.0. The standard InChI is InChI=1S/C14H20BrN3/c1-3-17-9-11-8-16-4-5-18(11)13-7-10(2)6-12(15)14(13)17/h6-7,11,16H,3-5,8-9H2,1-2H3. The number of likely N-dealkylation sites (N-methyl/N-ethyl adjacent to an activating group) is 1.